The Kier molecular flexibility index (Phi) is 2.44. The fourth-order valence-corrected chi connectivity index (χ4v) is 4.05. The molecule has 0 aromatic carbocycles. The van der Waals surface area contributed by atoms with Crippen molar-refractivity contribution in [2.75, 3.05) is 0 Å². The second kappa shape index (κ2) is 3.47. The smallest absolute Gasteiger partial charge is 0.225 e. The van der Waals surface area contributed by atoms with E-state index in [0.717, 1.165) is 9.75 Å². The minimum absolute atomic E-state index is 0.213. The van der Waals surface area contributed by atoms with E-state index in [4.69, 9.17) is 5.14 Å². The van der Waals surface area contributed by atoms with E-state index in [1.54, 1.807) is 5.38 Å². The van der Waals surface area contributed by atoms with E-state index in [9.17, 15) is 8.42 Å². The van der Waals surface area contributed by atoms with Gasteiger partial charge in [-0.15, -0.1) is 22.7 Å². The second-order valence-electron chi connectivity index (χ2n) is 2.64. The highest BCUT2D eigenvalue weighted by Gasteiger charge is 2.16. The van der Waals surface area contributed by atoms with E-state index in [2.05, 4.69) is 0 Å². The first kappa shape index (κ1) is 9.85. The summed E-state index contributed by atoms with van der Waals surface area (Å²) in [5, 5.41) is 8.73. The van der Waals surface area contributed by atoms with Gasteiger partial charge in [0.25, 0.3) is 0 Å². The van der Waals surface area contributed by atoms with Gasteiger partial charge in [-0.2, -0.15) is 0 Å². The molecule has 0 aliphatic carbocycles. The van der Waals surface area contributed by atoms with Gasteiger partial charge in [-0.3, -0.25) is 0 Å². The molecular formula is C8H7NO2S3. The summed E-state index contributed by atoms with van der Waals surface area (Å²) in [6.45, 7) is 0. The van der Waals surface area contributed by atoms with Crippen LogP contribution >= 0.6 is 22.7 Å². The Morgan fingerprint density at radius 3 is 2.50 bits per heavy atom. The SMILES string of the molecule is NS(=O)(=O)c1ccsc1-c1cccs1. The van der Waals surface area contributed by atoms with E-state index in [0.29, 0.717) is 0 Å². The number of hydrogen-bond acceptors (Lipinski definition) is 4. The minimum Gasteiger partial charge on any atom is -0.225 e. The Bertz CT molecular complexity index is 525. The van der Waals surface area contributed by atoms with Gasteiger partial charge in [-0.1, -0.05) is 6.07 Å². The molecule has 2 rings (SSSR count). The molecule has 0 amide bonds. The third-order valence-electron chi connectivity index (χ3n) is 1.68. The molecule has 0 fully saturated rings. The molecule has 0 unspecified atom stereocenters. The van der Waals surface area contributed by atoms with Crippen LogP contribution in [-0.2, 0) is 10.0 Å². The highest BCUT2D eigenvalue weighted by atomic mass is 32.2. The predicted octanol–water partition coefficient (Wildman–Crippen LogP) is 2.12. The van der Waals surface area contributed by atoms with Crippen molar-refractivity contribution in [3.8, 4) is 9.75 Å². The number of thiophene rings is 2. The average Bonchev–Trinajstić information content (AvgIpc) is 2.73. The molecule has 2 heterocycles. The third-order valence-corrected chi connectivity index (χ3v) is 4.73. The summed E-state index contributed by atoms with van der Waals surface area (Å²) in [6.07, 6.45) is 0. The molecule has 6 heteroatoms. The van der Waals surface area contributed by atoms with E-state index in [-0.39, 0.29) is 4.90 Å². The van der Waals surface area contributed by atoms with Crippen LogP contribution in [0.15, 0.2) is 33.9 Å². The predicted molar refractivity (Wildman–Crippen MR) is 59.0 cm³/mol. The quantitative estimate of drug-likeness (QED) is 0.881. The average molecular weight is 245 g/mol. The first-order chi connectivity index (χ1) is 6.59. The molecular weight excluding hydrogens is 238 g/mol. The molecule has 2 aromatic heterocycles. The molecule has 0 saturated carbocycles. The molecule has 74 valence electrons. The zero-order chi connectivity index (χ0) is 10.2. The third kappa shape index (κ3) is 1.74. The maximum atomic E-state index is 11.2. The maximum Gasteiger partial charge on any atom is 0.239 e. The van der Waals surface area contributed by atoms with Crippen LogP contribution in [0.4, 0.5) is 0 Å². The summed E-state index contributed by atoms with van der Waals surface area (Å²) < 4.78 is 22.4. The minimum atomic E-state index is -3.60. The topological polar surface area (TPSA) is 60.2 Å². The van der Waals surface area contributed by atoms with Gasteiger partial charge in [0.1, 0.15) is 4.90 Å². The van der Waals surface area contributed by atoms with Gasteiger partial charge >= 0.3 is 0 Å². The first-order valence-corrected chi connectivity index (χ1v) is 7.04. The molecule has 0 aliphatic heterocycles. The Morgan fingerprint density at radius 1 is 1.14 bits per heavy atom. The summed E-state index contributed by atoms with van der Waals surface area (Å²) in [7, 11) is -3.60. The Hall–Kier alpha value is -0.690. The van der Waals surface area contributed by atoms with Gasteiger partial charge in [-0.05, 0) is 22.9 Å². The molecule has 2 N–H and O–H groups in total. The van der Waals surface area contributed by atoms with Crippen molar-refractivity contribution in [3.63, 3.8) is 0 Å². The van der Waals surface area contributed by atoms with Crippen molar-refractivity contribution >= 4 is 32.7 Å². The molecule has 14 heavy (non-hydrogen) atoms. The lowest BCUT2D eigenvalue weighted by molar-refractivity contribution is 0.598. The van der Waals surface area contributed by atoms with Crippen molar-refractivity contribution in [2.24, 2.45) is 5.14 Å². The molecule has 0 radical (unpaired) electrons. The standard InChI is InChI=1S/C8H7NO2S3/c9-14(10,11)7-3-5-13-8(7)6-2-1-4-12-6/h1-5H,(H2,9,10,11). The van der Waals surface area contributed by atoms with Crippen LogP contribution in [0, 0.1) is 0 Å². The van der Waals surface area contributed by atoms with Gasteiger partial charge in [0.05, 0.1) is 4.88 Å². The molecule has 0 aliphatic rings. The van der Waals surface area contributed by atoms with Crippen molar-refractivity contribution in [1.29, 1.82) is 0 Å². The van der Waals surface area contributed by atoms with Crippen LogP contribution in [0.1, 0.15) is 0 Å². The van der Waals surface area contributed by atoms with E-state index in [1.807, 2.05) is 17.5 Å². The number of rotatable bonds is 2. The normalized spacial score (nSPS) is 11.8. The van der Waals surface area contributed by atoms with E-state index in [1.165, 1.54) is 28.7 Å². The monoisotopic (exact) mass is 245 g/mol. The number of nitrogens with two attached hydrogens (primary N) is 1. The van der Waals surface area contributed by atoms with Crippen LogP contribution in [-0.4, -0.2) is 8.42 Å². The Labute approximate surface area is 89.9 Å². The molecule has 2 aromatic rings. The molecule has 0 spiro atoms. The Balaban J connectivity index is 2.62. The van der Waals surface area contributed by atoms with Crippen LogP contribution < -0.4 is 5.14 Å². The van der Waals surface area contributed by atoms with Gasteiger partial charge in [0, 0.05) is 4.88 Å². The fraction of sp³-hybridized carbons (Fsp3) is 0. The van der Waals surface area contributed by atoms with Crippen molar-refractivity contribution in [2.45, 2.75) is 4.90 Å². The van der Waals surface area contributed by atoms with Gasteiger partial charge in [-0.25, -0.2) is 13.6 Å². The lowest BCUT2D eigenvalue weighted by atomic mass is 10.4. The van der Waals surface area contributed by atoms with Crippen LogP contribution in [0.25, 0.3) is 9.75 Å². The maximum absolute atomic E-state index is 11.2. The number of primary sulfonamides is 1. The lowest BCUT2D eigenvalue weighted by Crippen LogP contribution is -2.11. The molecule has 3 nitrogen and oxygen atoms in total. The summed E-state index contributed by atoms with van der Waals surface area (Å²) in [5.41, 5.74) is 0. The number of sulfonamides is 1. The highest BCUT2D eigenvalue weighted by molar-refractivity contribution is 7.89. The van der Waals surface area contributed by atoms with Crippen LogP contribution in [0.2, 0.25) is 0 Å². The summed E-state index contributed by atoms with van der Waals surface area (Å²) in [5.74, 6) is 0. The zero-order valence-electron chi connectivity index (χ0n) is 7.01. The van der Waals surface area contributed by atoms with Crippen LogP contribution in [0.5, 0.6) is 0 Å². The Morgan fingerprint density at radius 2 is 1.93 bits per heavy atom. The second-order valence-corrected chi connectivity index (χ2v) is 6.03. The summed E-state index contributed by atoms with van der Waals surface area (Å²) in [6, 6.07) is 5.30. The summed E-state index contributed by atoms with van der Waals surface area (Å²) >= 11 is 2.89. The molecule has 0 atom stereocenters. The zero-order valence-corrected chi connectivity index (χ0v) is 9.45. The first-order valence-electron chi connectivity index (χ1n) is 3.73. The van der Waals surface area contributed by atoms with Crippen LogP contribution in [0.3, 0.4) is 0 Å². The van der Waals surface area contributed by atoms with Gasteiger partial charge < -0.3 is 0 Å². The van der Waals surface area contributed by atoms with Crippen molar-refractivity contribution in [1.82, 2.24) is 0 Å². The summed E-state index contributed by atoms with van der Waals surface area (Å²) in [4.78, 5) is 1.87. The molecule has 0 saturated heterocycles. The highest BCUT2D eigenvalue weighted by Crippen LogP contribution is 2.34. The lowest BCUT2D eigenvalue weighted by Gasteiger charge is -1.97. The largest absolute Gasteiger partial charge is 0.239 e. The van der Waals surface area contributed by atoms with Crippen molar-refractivity contribution in [3.05, 3.63) is 29.0 Å². The van der Waals surface area contributed by atoms with Gasteiger partial charge in [0.2, 0.25) is 10.0 Å². The molecule has 0 bridgehead atoms. The van der Waals surface area contributed by atoms with Crippen molar-refractivity contribution < 1.29 is 8.42 Å². The van der Waals surface area contributed by atoms with E-state index < -0.39 is 10.0 Å². The van der Waals surface area contributed by atoms with Gasteiger partial charge in [0.15, 0.2) is 0 Å². The van der Waals surface area contributed by atoms with E-state index >= 15 is 0 Å². The fourth-order valence-electron chi connectivity index (χ4n) is 1.11. The number of hydrogen-bond donors (Lipinski definition) is 1.